The van der Waals surface area contributed by atoms with Gasteiger partial charge in [0.15, 0.2) is 0 Å². The Morgan fingerprint density at radius 3 is 2.71 bits per heavy atom. The minimum absolute atomic E-state index is 0.0108. The van der Waals surface area contributed by atoms with Crippen LogP contribution in [0.2, 0.25) is 0 Å². The maximum Gasteiger partial charge on any atom is 0.240 e. The quantitative estimate of drug-likeness (QED) is 0.488. The smallest absolute Gasteiger partial charge is 0.240 e. The molecule has 0 unspecified atom stereocenters. The van der Waals surface area contributed by atoms with Crippen LogP contribution in [0.5, 0.6) is 5.75 Å². The van der Waals surface area contributed by atoms with Crippen LogP contribution in [0, 0.1) is 5.92 Å². The molecule has 116 valence electrons. The largest absolute Gasteiger partial charge is 0.495 e. The SMILES string of the molecule is COc1cc(S(=O)(=O)NCCNC(=O)C2CC2)ccc1N. The number of rotatable bonds is 7. The van der Waals surface area contributed by atoms with Crippen molar-refractivity contribution in [3.8, 4) is 5.75 Å². The number of benzene rings is 1. The molecule has 1 aliphatic carbocycles. The highest BCUT2D eigenvalue weighted by molar-refractivity contribution is 7.89. The van der Waals surface area contributed by atoms with E-state index in [1.54, 1.807) is 0 Å². The fraction of sp³-hybridized carbons (Fsp3) is 0.462. The number of nitrogens with two attached hydrogens (primary N) is 1. The lowest BCUT2D eigenvalue weighted by Crippen LogP contribution is -2.35. The third-order valence-electron chi connectivity index (χ3n) is 3.18. The highest BCUT2D eigenvalue weighted by atomic mass is 32.2. The molecule has 0 aliphatic heterocycles. The molecule has 1 saturated carbocycles. The van der Waals surface area contributed by atoms with E-state index in [4.69, 9.17) is 10.5 Å². The number of carbonyl (C=O) groups is 1. The van der Waals surface area contributed by atoms with Crippen LogP contribution in [-0.2, 0) is 14.8 Å². The molecule has 0 aromatic heterocycles. The lowest BCUT2D eigenvalue weighted by atomic mass is 10.3. The monoisotopic (exact) mass is 313 g/mol. The Hall–Kier alpha value is -1.80. The summed E-state index contributed by atoms with van der Waals surface area (Å²) in [5.41, 5.74) is 6.01. The molecule has 0 radical (unpaired) electrons. The van der Waals surface area contributed by atoms with Crippen LogP contribution in [0.4, 0.5) is 5.69 Å². The minimum atomic E-state index is -3.65. The van der Waals surface area contributed by atoms with Crippen molar-refractivity contribution in [3.05, 3.63) is 18.2 Å². The molecular weight excluding hydrogens is 294 g/mol. The summed E-state index contributed by atoms with van der Waals surface area (Å²) in [7, 11) is -2.23. The van der Waals surface area contributed by atoms with E-state index in [-0.39, 0.29) is 29.8 Å². The van der Waals surface area contributed by atoms with Gasteiger partial charge < -0.3 is 15.8 Å². The van der Waals surface area contributed by atoms with Crippen LogP contribution >= 0.6 is 0 Å². The first-order valence-electron chi connectivity index (χ1n) is 6.65. The van der Waals surface area contributed by atoms with Crippen molar-refractivity contribution >= 4 is 21.6 Å². The molecule has 0 saturated heterocycles. The van der Waals surface area contributed by atoms with E-state index in [2.05, 4.69) is 10.0 Å². The molecule has 0 heterocycles. The van der Waals surface area contributed by atoms with E-state index in [0.717, 1.165) is 12.8 Å². The minimum Gasteiger partial charge on any atom is -0.495 e. The zero-order valence-electron chi connectivity index (χ0n) is 11.8. The van der Waals surface area contributed by atoms with Crippen molar-refractivity contribution < 1.29 is 17.9 Å². The first kappa shape index (κ1) is 15.6. The molecule has 0 bridgehead atoms. The molecule has 0 spiro atoms. The number of hydrogen-bond donors (Lipinski definition) is 3. The predicted molar refractivity (Wildman–Crippen MR) is 78.3 cm³/mol. The van der Waals surface area contributed by atoms with Gasteiger partial charge in [0.25, 0.3) is 0 Å². The standard InChI is InChI=1S/C13H19N3O4S/c1-20-12-8-10(4-5-11(12)14)21(18,19)16-7-6-15-13(17)9-2-3-9/h4-5,8-9,16H,2-3,6-7,14H2,1H3,(H,15,17). The first-order chi connectivity index (χ1) is 9.94. The summed E-state index contributed by atoms with van der Waals surface area (Å²) in [5.74, 6) is 0.409. The molecule has 8 heteroatoms. The molecule has 1 aromatic rings. The van der Waals surface area contributed by atoms with E-state index in [0.29, 0.717) is 11.4 Å². The Balaban J connectivity index is 1.90. The summed E-state index contributed by atoms with van der Waals surface area (Å²) in [6.45, 7) is 0.397. The number of ether oxygens (including phenoxy) is 1. The molecule has 1 fully saturated rings. The number of carbonyl (C=O) groups excluding carboxylic acids is 1. The van der Waals surface area contributed by atoms with Gasteiger partial charge in [0.1, 0.15) is 5.75 Å². The van der Waals surface area contributed by atoms with Gasteiger partial charge in [-0.2, -0.15) is 0 Å². The topological polar surface area (TPSA) is 111 Å². The van der Waals surface area contributed by atoms with Crippen LogP contribution in [0.15, 0.2) is 23.1 Å². The van der Waals surface area contributed by atoms with Crippen LogP contribution in [0.25, 0.3) is 0 Å². The summed E-state index contributed by atoms with van der Waals surface area (Å²) >= 11 is 0. The van der Waals surface area contributed by atoms with Gasteiger partial charge in [-0.3, -0.25) is 4.79 Å². The Morgan fingerprint density at radius 1 is 1.38 bits per heavy atom. The highest BCUT2D eigenvalue weighted by Crippen LogP contribution is 2.28. The molecule has 1 amide bonds. The van der Waals surface area contributed by atoms with Gasteiger partial charge in [0.05, 0.1) is 17.7 Å². The Morgan fingerprint density at radius 2 is 2.10 bits per heavy atom. The second-order valence-corrected chi connectivity index (χ2v) is 6.63. The number of hydrogen-bond acceptors (Lipinski definition) is 5. The van der Waals surface area contributed by atoms with Gasteiger partial charge in [-0.1, -0.05) is 0 Å². The molecule has 4 N–H and O–H groups in total. The molecule has 1 aromatic carbocycles. The van der Waals surface area contributed by atoms with E-state index < -0.39 is 10.0 Å². The van der Waals surface area contributed by atoms with Crippen LogP contribution in [0.1, 0.15) is 12.8 Å². The second kappa shape index (κ2) is 6.31. The van der Waals surface area contributed by atoms with Gasteiger partial charge >= 0.3 is 0 Å². The Bertz CT molecular complexity index is 626. The third kappa shape index (κ3) is 4.08. The number of amides is 1. The number of anilines is 1. The Labute approximate surface area is 123 Å². The summed E-state index contributed by atoms with van der Waals surface area (Å²) in [6.07, 6.45) is 1.84. The molecule has 7 nitrogen and oxygen atoms in total. The van der Waals surface area contributed by atoms with E-state index >= 15 is 0 Å². The molecule has 21 heavy (non-hydrogen) atoms. The van der Waals surface area contributed by atoms with Crippen molar-refractivity contribution in [2.24, 2.45) is 5.92 Å². The zero-order valence-corrected chi connectivity index (χ0v) is 12.6. The summed E-state index contributed by atoms with van der Waals surface area (Å²) < 4.78 is 31.6. The predicted octanol–water partition coefficient (Wildman–Crippen LogP) is 0.0819. The van der Waals surface area contributed by atoms with Gasteiger partial charge in [-0.15, -0.1) is 0 Å². The number of nitrogens with one attached hydrogen (secondary N) is 2. The molecular formula is C13H19N3O4S. The van der Waals surface area contributed by atoms with Gasteiger partial charge in [-0.05, 0) is 25.0 Å². The van der Waals surface area contributed by atoms with Crippen molar-refractivity contribution in [2.75, 3.05) is 25.9 Å². The number of methoxy groups -OCH3 is 1. The van der Waals surface area contributed by atoms with E-state index in [9.17, 15) is 13.2 Å². The lowest BCUT2D eigenvalue weighted by Gasteiger charge is -2.10. The normalized spacial score (nSPS) is 14.7. The summed E-state index contributed by atoms with van der Waals surface area (Å²) in [5, 5.41) is 2.69. The summed E-state index contributed by atoms with van der Waals surface area (Å²) in [4.78, 5) is 11.5. The molecule has 0 atom stereocenters. The van der Waals surface area contributed by atoms with E-state index in [1.165, 1.54) is 25.3 Å². The van der Waals surface area contributed by atoms with Gasteiger partial charge in [-0.25, -0.2) is 13.1 Å². The average molecular weight is 313 g/mol. The number of sulfonamides is 1. The zero-order chi connectivity index (χ0) is 15.5. The van der Waals surface area contributed by atoms with Crippen LogP contribution in [-0.4, -0.2) is 34.5 Å². The third-order valence-corrected chi connectivity index (χ3v) is 4.64. The van der Waals surface area contributed by atoms with Gasteiger partial charge in [0, 0.05) is 25.1 Å². The highest BCUT2D eigenvalue weighted by Gasteiger charge is 2.29. The van der Waals surface area contributed by atoms with Crippen molar-refractivity contribution in [2.45, 2.75) is 17.7 Å². The van der Waals surface area contributed by atoms with Crippen LogP contribution < -0.4 is 20.5 Å². The van der Waals surface area contributed by atoms with E-state index in [1.807, 2.05) is 0 Å². The average Bonchev–Trinajstić information content (AvgIpc) is 3.28. The van der Waals surface area contributed by atoms with Crippen LogP contribution in [0.3, 0.4) is 0 Å². The maximum absolute atomic E-state index is 12.1. The first-order valence-corrected chi connectivity index (χ1v) is 8.13. The summed E-state index contributed by atoms with van der Waals surface area (Å²) in [6, 6.07) is 4.24. The van der Waals surface area contributed by atoms with Crippen molar-refractivity contribution in [1.82, 2.24) is 10.0 Å². The lowest BCUT2D eigenvalue weighted by molar-refractivity contribution is -0.122. The fourth-order valence-electron chi connectivity index (χ4n) is 1.80. The Kier molecular flexibility index (Phi) is 4.69. The van der Waals surface area contributed by atoms with Crippen molar-refractivity contribution in [1.29, 1.82) is 0 Å². The molecule has 1 aliphatic rings. The maximum atomic E-state index is 12.1. The van der Waals surface area contributed by atoms with Gasteiger partial charge in [0.2, 0.25) is 15.9 Å². The second-order valence-electron chi connectivity index (χ2n) is 4.87. The van der Waals surface area contributed by atoms with Crippen molar-refractivity contribution in [3.63, 3.8) is 0 Å². The fourth-order valence-corrected chi connectivity index (χ4v) is 2.85. The number of nitrogen functional groups attached to an aromatic ring is 1. The molecule has 2 rings (SSSR count).